The van der Waals surface area contributed by atoms with Crippen LogP contribution >= 0.6 is 11.3 Å². The van der Waals surface area contributed by atoms with Gasteiger partial charge in [0.05, 0.1) is 0 Å². The van der Waals surface area contributed by atoms with Crippen molar-refractivity contribution >= 4 is 11.3 Å². The molecule has 2 nitrogen and oxygen atoms in total. The Bertz CT molecular complexity index is 706. The number of rotatable bonds is 4. The topological polar surface area (TPSA) is 40.5 Å². The van der Waals surface area contributed by atoms with E-state index < -0.39 is 12.2 Å². The summed E-state index contributed by atoms with van der Waals surface area (Å²) in [6.45, 7) is 4.05. The van der Waals surface area contributed by atoms with Crippen molar-refractivity contribution in [1.29, 1.82) is 0 Å². The molecule has 23 heavy (non-hydrogen) atoms. The molecule has 2 atom stereocenters. The Labute approximate surface area is 140 Å². The Morgan fingerprint density at radius 1 is 0.609 bits per heavy atom. The monoisotopic (exact) mass is 324 g/mol. The molecule has 0 saturated heterocycles. The predicted octanol–water partition coefficient (Wildman–Crippen LogP) is 4.53. The second-order valence-electron chi connectivity index (χ2n) is 5.87. The van der Waals surface area contributed by atoms with E-state index in [0.29, 0.717) is 0 Å². The molecule has 0 bridgehead atoms. The molecule has 3 heteroatoms. The van der Waals surface area contributed by atoms with E-state index in [1.54, 1.807) is 0 Å². The summed E-state index contributed by atoms with van der Waals surface area (Å²) in [4.78, 5) is 1.69. The van der Waals surface area contributed by atoms with Crippen molar-refractivity contribution in [1.82, 2.24) is 0 Å². The lowest BCUT2D eigenvalue weighted by Gasteiger charge is -2.11. The molecule has 0 amide bonds. The summed E-state index contributed by atoms with van der Waals surface area (Å²) in [5, 5.41) is 21.0. The van der Waals surface area contributed by atoms with Gasteiger partial charge in [-0.05, 0) is 37.1 Å². The first-order valence-corrected chi connectivity index (χ1v) is 8.45. The van der Waals surface area contributed by atoms with Crippen LogP contribution in [0.1, 0.15) is 44.2 Å². The average molecular weight is 324 g/mol. The van der Waals surface area contributed by atoms with E-state index in [1.807, 2.05) is 74.5 Å². The zero-order valence-electron chi connectivity index (χ0n) is 13.2. The Hall–Kier alpha value is -1.94. The van der Waals surface area contributed by atoms with E-state index in [-0.39, 0.29) is 0 Å². The molecule has 1 heterocycles. The lowest BCUT2D eigenvalue weighted by molar-refractivity contribution is 0.223. The molecule has 3 aromatic rings. The highest BCUT2D eigenvalue weighted by Crippen LogP contribution is 2.33. The second-order valence-corrected chi connectivity index (χ2v) is 7.01. The maximum absolute atomic E-state index is 10.5. The average Bonchev–Trinajstić information content (AvgIpc) is 3.05. The molecule has 0 unspecified atom stereocenters. The molecule has 1 aromatic heterocycles. The van der Waals surface area contributed by atoms with Crippen molar-refractivity contribution in [3.63, 3.8) is 0 Å². The second kappa shape index (κ2) is 6.67. The first kappa shape index (κ1) is 15.9. The fraction of sp³-hybridized carbons (Fsp3) is 0.200. The van der Waals surface area contributed by atoms with Crippen molar-refractivity contribution in [2.45, 2.75) is 26.1 Å². The Morgan fingerprint density at radius 3 is 1.30 bits per heavy atom. The van der Waals surface area contributed by atoms with E-state index in [9.17, 15) is 10.2 Å². The van der Waals surface area contributed by atoms with Crippen molar-refractivity contribution in [2.75, 3.05) is 0 Å². The summed E-state index contributed by atoms with van der Waals surface area (Å²) in [6.07, 6.45) is -1.31. The number of hydrogen-bond acceptors (Lipinski definition) is 3. The fourth-order valence-corrected chi connectivity index (χ4v) is 3.53. The molecule has 2 aromatic carbocycles. The number of aryl methyl sites for hydroxylation is 2. The van der Waals surface area contributed by atoms with Gasteiger partial charge in [0.25, 0.3) is 0 Å². The van der Waals surface area contributed by atoms with Crippen LogP contribution in [-0.4, -0.2) is 10.2 Å². The molecular weight excluding hydrogens is 304 g/mol. The molecule has 118 valence electrons. The molecule has 0 aliphatic heterocycles. The fourth-order valence-electron chi connectivity index (χ4n) is 2.49. The smallest absolute Gasteiger partial charge is 0.113 e. The van der Waals surface area contributed by atoms with Gasteiger partial charge in [0, 0.05) is 9.75 Å². The molecule has 2 N–H and O–H groups in total. The maximum atomic E-state index is 10.5. The highest BCUT2D eigenvalue weighted by molar-refractivity contribution is 7.12. The summed E-state index contributed by atoms with van der Waals surface area (Å²) in [5.74, 6) is 0. The molecule has 0 aliphatic carbocycles. The standard InChI is InChI=1S/C20H20O2S/c1-13-3-7-15(8-4-13)19(21)17-11-12-18(23-17)20(22)16-9-5-14(2)6-10-16/h3-12,19-22H,1-2H3/t19-,20-/m0/s1. The van der Waals surface area contributed by atoms with Gasteiger partial charge in [-0.1, -0.05) is 59.7 Å². The molecule has 0 spiro atoms. The summed E-state index contributed by atoms with van der Waals surface area (Å²) in [6, 6.07) is 19.5. The Balaban J connectivity index is 1.82. The first-order valence-electron chi connectivity index (χ1n) is 7.63. The van der Waals surface area contributed by atoms with Gasteiger partial charge in [-0.2, -0.15) is 0 Å². The quantitative estimate of drug-likeness (QED) is 0.740. The van der Waals surface area contributed by atoms with Crippen LogP contribution in [0.5, 0.6) is 0 Å². The minimum Gasteiger partial charge on any atom is -0.383 e. The van der Waals surface area contributed by atoms with Crippen LogP contribution in [0.15, 0.2) is 60.7 Å². The summed E-state index contributed by atoms with van der Waals surface area (Å²) >= 11 is 1.45. The van der Waals surface area contributed by atoms with E-state index in [2.05, 4.69) is 0 Å². The minimum absolute atomic E-state index is 0.653. The number of hydrogen-bond donors (Lipinski definition) is 2. The van der Waals surface area contributed by atoms with Gasteiger partial charge in [0.15, 0.2) is 0 Å². The van der Waals surface area contributed by atoms with Crippen LogP contribution in [0.3, 0.4) is 0 Å². The Kier molecular flexibility index (Phi) is 4.62. The summed E-state index contributed by atoms with van der Waals surface area (Å²) in [7, 11) is 0. The zero-order valence-corrected chi connectivity index (χ0v) is 14.0. The van der Waals surface area contributed by atoms with Gasteiger partial charge in [-0.25, -0.2) is 0 Å². The molecule has 0 aliphatic rings. The summed E-state index contributed by atoms with van der Waals surface area (Å²) in [5.41, 5.74) is 4.08. The maximum Gasteiger partial charge on any atom is 0.113 e. The van der Waals surface area contributed by atoms with Crippen molar-refractivity contribution in [3.8, 4) is 0 Å². The van der Waals surface area contributed by atoms with Crippen molar-refractivity contribution in [2.24, 2.45) is 0 Å². The van der Waals surface area contributed by atoms with Crippen LogP contribution < -0.4 is 0 Å². The zero-order chi connectivity index (χ0) is 16.4. The number of aliphatic hydroxyl groups excluding tert-OH is 2. The van der Waals surface area contributed by atoms with Gasteiger partial charge >= 0.3 is 0 Å². The highest BCUT2D eigenvalue weighted by atomic mass is 32.1. The number of thiophene rings is 1. The lowest BCUT2D eigenvalue weighted by Crippen LogP contribution is -1.97. The van der Waals surface area contributed by atoms with Crippen molar-refractivity contribution < 1.29 is 10.2 Å². The van der Waals surface area contributed by atoms with Crippen LogP contribution in [0.4, 0.5) is 0 Å². The van der Waals surface area contributed by atoms with E-state index in [0.717, 1.165) is 20.9 Å². The third kappa shape index (κ3) is 3.53. The first-order chi connectivity index (χ1) is 11.0. The van der Waals surface area contributed by atoms with Gasteiger partial charge in [-0.3, -0.25) is 0 Å². The van der Waals surface area contributed by atoms with Gasteiger partial charge in [-0.15, -0.1) is 11.3 Å². The van der Waals surface area contributed by atoms with E-state index in [1.165, 1.54) is 22.5 Å². The molecule has 0 saturated carbocycles. The van der Waals surface area contributed by atoms with E-state index in [4.69, 9.17) is 0 Å². The largest absolute Gasteiger partial charge is 0.383 e. The van der Waals surface area contributed by atoms with Crippen LogP contribution in [-0.2, 0) is 0 Å². The third-order valence-electron chi connectivity index (χ3n) is 3.97. The lowest BCUT2D eigenvalue weighted by atomic mass is 10.1. The van der Waals surface area contributed by atoms with Crippen LogP contribution in [0.2, 0.25) is 0 Å². The normalized spacial score (nSPS) is 13.7. The molecule has 0 fully saturated rings. The molecule has 3 rings (SSSR count). The molecule has 0 radical (unpaired) electrons. The summed E-state index contributed by atoms with van der Waals surface area (Å²) < 4.78 is 0. The van der Waals surface area contributed by atoms with Gasteiger partial charge in [0.2, 0.25) is 0 Å². The molecular formula is C20H20O2S. The Morgan fingerprint density at radius 2 is 0.957 bits per heavy atom. The van der Waals surface area contributed by atoms with Crippen LogP contribution in [0.25, 0.3) is 0 Å². The van der Waals surface area contributed by atoms with Gasteiger partial charge in [0.1, 0.15) is 12.2 Å². The third-order valence-corrected chi connectivity index (χ3v) is 5.16. The van der Waals surface area contributed by atoms with Crippen molar-refractivity contribution in [3.05, 3.63) is 92.7 Å². The van der Waals surface area contributed by atoms with Crippen LogP contribution in [0, 0.1) is 13.8 Å². The number of aliphatic hydroxyl groups is 2. The predicted molar refractivity (Wildman–Crippen MR) is 94.8 cm³/mol. The number of benzene rings is 2. The highest BCUT2D eigenvalue weighted by Gasteiger charge is 2.17. The SMILES string of the molecule is Cc1ccc([C@H](O)c2ccc([C@@H](O)c3ccc(C)cc3)s2)cc1. The minimum atomic E-state index is -0.653. The van der Waals surface area contributed by atoms with E-state index >= 15 is 0 Å². The van der Waals surface area contributed by atoms with Gasteiger partial charge < -0.3 is 10.2 Å².